The fourth-order valence-corrected chi connectivity index (χ4v) is 1.46. The molecule has 1 aromatic carbocycles. The molecule has 0 bridgehead atoms. The fourth-order valence-electron chi connectivity index (χ4n) is 1.31. The lowest BCUT2D eigenvalue weighted by Crippen LogP contribution is -2.01. The highest BCUT2D eigenvalue weighted by Gasteiger charge is 2.24. The number of rotatable bonds is 4. The number of hydrogen-bond donors (Lipinski definition) is 1. The molecule has 4 heteroatoms. The van der Waals surface area contributed by atoms with Crippen molar-refractivity contribution in [1.82, 2.24) is 0 Å². The molecule has 0 aliphatic heterocycles. The number of hydrogen-bond acceptors (Lipinski definition) is 3. The molecular formula is C11H13ClO3. The number of benzene rings is 1. The minimum Gasteiger partial charge on any atom is -0.503 e. The van der Waals surface area contributed by atoms with Crippen LogP contribution in [0.1, 0.15) is 12.8 Å². The number of halogens is 1. The second kappa shape index (κ2) is 4.19. The molecular weight excluding hydrogens is 216 g/mol. The highest BCUT2D eigenvalue weighted by molar-refractivity contribution is 6.32. The van der Waals surface area contributed by atoms with E-state index in [9.17, 15) is 5.11 Å². The molecule has 0 saturated heterocycles. The Labute approximate surface area is 93.6 Å². The molecule has 1 aromatic rings. The highest BCUT2D eigenvalue weighted by Crippen LogP contribution is 2.42. The predicted molar refractivity (Wildman–Crippen MR) is 57.9 cm³/mol. The van der Waals surface area contributed by atoms with Crippen LogP contribution in [-0.4, -0.2) is 18.8 Å². The van der Waals surface area contributed by atoms with E-state index < -0.39 is 0 Å². The van der Waals surface area contributed by atoms with Crippen molar-refractivity contribution in [1.29, 1.82) is 0 Å². The Bertz CT molecular complexity index is 361. The molecule has 15 heavy (non-hydrogen) atoms. The van der Waals surface area contributed by atoms with E-state index in [-0.39, 0.29) is 10.8 Å². The topological polar surface area (TPSA) is 38.7 Å². The number of phenolic OH excluding ortho intramolecular Hbond substituents is 1. The highest BCUT2D eigenvalue weighted by atomic mass is 35.5. The van der Waals surface area contributed by atoms with E-state index in [1.807, 2.05) is 0 Å². The summed E-state index contributed by atoms with van der Waals surface area (Å²) in [6, 6.07) is 3.27. The maximum Gasteiger partial charge on any atom is 0.204 e. The van der Waals surface area contributed by atoms with Crippen LogP contribution in [-0.2, 0) is 0 Å². The Morgan fingerprint density at radius 1 is 1.47 bits per heavy atom. The summed E-state index contributed by atoms with van der Waals surface area (Å²) in [4.78, 5) is 0. The molecule has 0 atom stereocenters. The third kappa shape index (κ3) is 2.29. The molecule has 0 unspecified atom stereocenters. The lowest BCUT2D eigenvalue weighted by atomic mass is 10.3. The minimum absolute atomic E-state index is 0.0448. The number of aromatic hydroxyl groups is 1. The quantitative estimate of drug-likeness (QED) is 0.861. The van der Waals surface area contributed by atoms with Gasteiger partial charge in [-0.25, -0.2) is 0 Å². The number of phenols is 1. The van der Waals surface area contributed by atoms with Crippen LogP contribution >= 0.6 is 11.6 Å². The van der Waals surface area contributed by atoms with Crippen LogP contribution in [0.25, 0.3) is 0 Å². The smallest absolute Gasteiger partial charge is 0.204 e. The zero-order valence-electron chi connectivity index (χ0n) is 8.50. The molecule has 1 fully saturated rings. The summed E-state index contributed by atoms with van der Waals surface area (Å²) in [5.41, 5.74) is 0. The molecule has 1 aliphatic carbocycles. The van der Waals surface area contributed by atoms with Gasteiger partial charge in [0.05, 0.1) is 18.7 Å². The SMILES string of the molecule is COc1ccc(Cl)c(O)c1OCC1CC1. The molecule has 1 aliphatic rings. The van der Waals surface area contributed by atoms with Crippen molar-refractivity contribution in [3.05, 3.63) is 17.2 Å². The molecule has 1 saturated carbocycles. The van der Waals surface area contributed by atoms with E-state index in [0.29, 0.717) is 24.0 Å². The van der Waals surface area contributed by atoms with E-state index in [2.05, 4.69) is 0 Å². The second-order valence-electron chi connectivity index (χ2n) is 3.68. The summed E-state index contributed by atoms with van der Waals surface area (Å²) in [5.74, 6) is 1.43. The standard InChI is InChI=1S/C11H13ClO3/c1-14-9-5-4-8(12)10(13)11(9)15-6-7-2-3-7/h4-5,7,13H,2-3,6H2,1H3. The Balaban J connectivity index is 2.19. The van der Waals surface area contributed by atoms with Crippen LogP contribution in [0.4, 0.5) is 0 Å². The molecule has 0 radical (unpaired) electrons. The number of methoxy groups -OCH3 is 1. The first-order valence-corrected chi connectivity index (χ1v) is 5.28. The predicted octanol–water partition coefficient (Wildman–Crippen LogP) is 2.84. The molecule has 0 heterocycles. The second-order valence-corrected chi connectivity index (χ2v) is 4.09. The van der Waals surface area contributed by atoms with Gasteiger partial charge in [0.2, 0.25) is 5.75 Å². The Hall–Kier alpha value is -1.09. The molecule has 0 spiro atoms. The van der Waals surface area contributed by atoms with Crippen LogP contribution in [0.2, 0.25) is 5.02 Å². The van der Waals surface area contributed by atoms with Crippen LogP contribution in [0.3, 0.4) is 0 Å². The van der Waals surface area contributed by atoms with E-state index in [1.54, 1.807) is 12.1 Å². The largest absolute Gasteiger partial charge is 0.503 e. The summed E-state index contributed by atoms with van der Waals surface area (Å²) < 4.78 is 10.6. The molecule has 0 aromatic heterocycles. The zero-order chi connectivity index (χ0) is 10.8. The van der Waals surface area contributed by atoms with Gasteiger partial charge in [0.1, 0.15) is 0 Å². The van der Waals surface area contributed by atoms with Gasteiger partial charge >= 0.3 is 0 Å². The van der Waals surface area contributed by atoms with Crippen LogP contribution in [0, 0.1) is 5.92 Å². The van der Waals surface area contributed by atoms with E-state index in [4.69, 9.17) is 21.1 Å². The fraction of sp³-hybridized carbons (Fsp3) is 0.455. The maximum absolute atomic E-state index is 9.71. The van der Waals surface area contributed by atoms with Crippen molar-refractivity contribution < 1.29 is 14.6 Å². The van der Waals surface area contributed by atoms with Crippen LogP contribution < -0.4 is 9.47 Å². The van der Waals surface area contributed by atoms with Crippen molar-refractivity contribution in [2.24, 2.45) is 5.92 Å². The summed E-state index contributed by atoms with van der Waals surface area (Å²) in [6.07, 6.45) is 2.40. The summed E-state index contributed by atoms with van der Waals surface area (Å²) in [5, 5.41) is 9.99. The Morgan fingerprint density at radius 3 is 2.80 bits per heavy atom. The van der Waals surface area contributed by atoms with Crippen molar-refractivity contribution in [2.75, 3.05) is 13.7 Å². The lowest BCUT2D eigenvalue weighted by molar-refractivity contribution is 0.266. The Kier molecular flexibility index (Phi) is 2.91. The van der Waals surface area contributed by atoms with E-state index in [1.165, 1.54) is 20.0 Å². The van der Waals surface area contributed by atoms with Gasteiger partial charge in [-0.15, -0.1) is 0 Å². The van der Waals surface area contributed by atoms with Gasteiger partial charge in [-0.05, 0) is 30.9 Å². The molecule has 1 N–H and O–H groups in total. The van der Waals surface area contributed by atoms with Crippen molar-refractivity contribution in [3.8, 4) is 17.2 Å². The van der Waals surface area contributed by atoms with Crippen molar-refractivity contribution in [2.45, 2.75) is 12.8 Å². The van der Waals surface area contributed by atoms with E-state index in [0.717, 1.165) is 0 Å². The summed E-state index contributed by atoms with van der Waals surface area (Å²) in [7, 11) is 1.53. The molecule has 0 amide bonds. The summed E-state index contributed by atoms with van der Waals surface area (Å²) >= 11 is 5.79. The first-order chi connectivity index (χ1) is 7.22. The lowest BCUT2D eigenvalue weighted by Gasteiger charge is -2.12. The first kappa shape index (κ1) is 10.4. The van der Waals surface area contributed by atoms with Crippen LogP contribution in [0.5, 0.6) is 17.2 Å². The van der Waals surface area contributed by atoms with Crippen molar-refractivity contribution >= 4 is 11.6 Å². The zero-order valence-corrected chi connectivity index (χ0v) is 9.25. The Morgan fingerprint density at radius 2 is 2.20 bits per heavy atom. The number of ether oxygens (including phenoxy) is 2. The third-order valence-corrected chi connectivity index (χ3v) is 2.73. The van der Waals surface area contributed by atoms with Gasteiger partial charge in [-0.1, -0.05) is 11.6 Å². The average Bonchev–Trinajstić information content (AvgIpc) is 3.04. The third-order valence-electron chi connectivity index (χ3n) is 2.43. The van der Waals surface area contributed by atoms with Gasteiger partial charge in [-0.2, -0.15) is 0 Å². The van der Waals surface area contributed by atoms with Gasteiger partial charge in [0, 0.05) is 0 Å². The normalized spacial score (nSPS) is 15.1. The average molecular weight is 229 g/mol. The van der Waals surface area contributed by atoms with E-state index >= 15 is 0 Å². The van der Waals surface area contributed by atoms with Crippen molar-refractivity contribution in [3.63, 3.8) is 0 Å². The van der Waals surface area contributed by atoms with Gasteiger partial charge in [-0.3, -0.25) is 0 Å². The maximum atomic E-state index is 9.71. The molecule has 3 nitrogen and oxygen atoms in total. The van der Waals surface area contributed by atoms with Gasteiger partial charge in [0.25, 0.3) is 0 Å². The first-order valence-electron chi connectivity index (χ1n) is 4.90. The monoisotopic (exact) mass is 228 g/mol. The molecule has 2 rings (SSSR count). The van der Waals surface area contributed by atoms with Gasteiger partial charge in [0.15, 0.2) is 11.5 Å². The van der Waals surface area contributed by atoms with Crippen LogP contribution in [0.15, 0.2) is 12.1 Å². The van der Waals surface area contributed by atoms with Gasteiger partial charge < -0.3 is 14.6 Å². The summed E-state index contributed by atoms with van der Waals surface area (Å²) in [6.45, 7) is 0.615. The minimum atomic E-state index is -0.0448. The molecule has 82 valence electrons.